The van der Waals surface area contributed by atoms with Crippen LogP contribution in [0.4, 0.5) is 0 Å². The Morgan fingerprint density at radius 1 is 0.510 bits per heavy atom. The number of carbonyl (C=O) groups is 4. The first-order valence-corrected chi connectivity index (χ1v) is 17.5. The molecule has 10 heteroatoms. The third kappa shape index (κ3) is 9.42. The molecule has 1 aliphatic heterocycles. The highest BCUT2D eigenvalue weighted by Gasteiger charge is 2.55. The topological polar surface area (TPSA) is 124 Å². The van der Waals surface area contributed by atoms with E-state index in [1.54, 1.807) is 55.4 Å². The van der Waals surface area contributed by atoms with Crippen molar-refractivity contribution in [2.75, 3.05) is 6.61 Å². The average Bonchev–Trinajstić information content (AvgIpc) is 3.12. The van der Waals surface area contributed by atoms with Gasteiger partial charge in [-0.15, -0.1) is 0 Å². The summed E-state index contributed by atoms with van der Waals surface area (Å²) in [5, 5.41) is 0. The minimum absolute atomic E-state index is 0.245. The van der Waals surface area contributed by atoms with Crippen molar-refractivity contribution in [2.24, 2.45) is 23.7 Å². The van der Waals surface area contributed by atoms with Gasteiger partial charge < -0.3 is 28.4 Å². The van der Waals surface area contributed by atoms with E-state index in [0.29, 0.717) is 0 Å². The summed E-state index contributed by atoms with van der Waals surface area (Å²) in [7, 11) is 0. The lowest BCUT2D eigenvalue weighted by atomic mass is 9.80. The minimum atomic E-state index is -1.53. The second-order valence-electron chi connectivity index (χ2n) is 13.9. The molecule has 0 N–H and O–H groups in total. The number of ether oxygens (including phenoxy) is 6. The first-order valence-electron chi connectivity index (χ1n) is 17.5. The van der Waals surface area contributed by atoms with Gasteiger partial charge in [0.2, 0.25) is 12.4 Å². The quantitative estimate of drug-likeness (QED) is 0.103. The molecular formula is C41H50O10. The van der Waals surface area contributed by atoms with Crippen molar-refractivity contribution >= 4 is 23.9 Å². The maximum Gasteiger partial charge on any atom is 0.310 e. The molecule has 4 rings (SSSR count). The van der Waals surface area contributed by atoms with Crippen LogP contribution < -0.4 is 0 Å². The van der Waals surface area contributed by atoms with Gasteiger partial charge in [0.05, 0.1) is 30.3 Å². The summed E-state index contributed by atoms with van der Waals surface area (Å²) >= 11 is 0. The van der Waals surface area contributed by atoms with Crippen molar-refractivity contribution in [3.8, 4) is 0 Å². The Labute approximate surface area is 300 Å². The normalized spacial score (nSPS) is 20.7. The lowest BCUT2D eigenvalue weighted by molar-refractivity contribution is -0.306. The summed E-state index contributed by atoms with van der Waals surface area (Å²) in [6, 6.07) is 29.0. The molecule has 10 nitrogen and oxygen atoms in total. The summed E-state index contributed by atoms with van der Waals surface area (Å²) in [5.41, 5.74) is 1.23. The van der Waals surface area contributed by atoms with Crippen molar-refractivity contribution in [1.29, 1.82) is 0 Å². The van der Waals surface area contributed by atoms with Crippen LogP contribution in [0.3, 0.4) is 0 Å². The van der Waals surface area contributed by atoms with Crippen LogP contribution in [0.15, 0.2) is 91.0 Å². The van der Waals surface area contributed by atoms with E-state index in [4.69, 9.17) is 28.4 Å². The van der Waals surface area contributed by atoms with E-state index in [9.17, 15) is 19.2 Å². The van der Waals surface area contributed by atoms with Crippen LogP contribution in [0, 0.1) is 23.7 Å². The van der Waals surface area contributed by atoms with E-state index >= 15 is 0 Å². The number of esters is 4. The van der Waals surface area contributed by atoms with E-state index in [0.717, 1.165) is 16.7 Å². The average molecular weight is 703 g/mol. The number of carbonyl (C=O) groups excluding carboxylic acids is 4. The van der Waals surface area contributed by atoms with Crippen LogP contribution in [-0.2, 0) is 53.2 Å². The van der Waals surface area contributed by atoms with Crippen LogP contribution in [-0.4, -0.2) is 61.2 Å². The Hall–Kier alpha value is -4.54. The monoisotopic (exact) mass is 702 g/mol. The van der Waals surface area contributed by atoms with Gasteiger partial charge in [-0.25, -0.2) is 0 Å². The minimum Gasteiger partial charge on any atom is -0.455 e. The van der Waals surface area contributed by atoms with Gasteiger partial charge in [0.25, 0.3) is 0 Å². The molecule has 0 radical (unpaired) electrons. The number of hydrogen-bond donors (Lipinski definition) is 0. The zero-order valence-corrected chi connectivity index (χ0v) is 30.6. The Bertz CT molecular complexity index is 1490. The molecule has 0 saturated carbocycles. The van der Waals surface area contributed by atoms with Gasteiger partial charge in [-0.3, -0.25) is 19.2 Å². The van der Waals surface area contributed by atoms with E-state index in [1.807, 2.05) is 91.0 Å². The zero-order chi connectivity index (χ0) is 37.3. The predicted octanol–water partition coefficient (Wildman–Crippen LogP) is 6.62. The van der Waals surface area contributed by atoms with Crippen molar-refractivity contribution in [2.45, 2.75) is 91.7 Å². The molecule has 0 aromatic heterocycles. The first kappa shape index (κ1) is 39.2. The molecule has 0 bridgehead atoms. The fraction of sp³-hybridized carbons (Fsp3) is 0.463. The van der Waals surface area contributed by atoms with Gasteiger partial charge in [0.1, 0.15) is 11.7 Å². The summed E-state index contributed by atoms with van der Waals surface area (Å²) in [5.74, 6) is -4.86. The Balaban J connectivity index is 1.90. The van der Waals surface area contributed by atoms with Gasteiger partial charge in [0.15, 0.2) is 12.2 Å². The fourth-order valence-corrected chi connectivity index (χ4v) is 5.55. The van der Waals surface area contributed by atoms with Gasteiger partial charge in [-0.1, -0.05) is 146 Å². The van der Waals surface area contributed by atoms with Crippen LogP contribution >= 0.6 is 0 Å². The smallest absolute Gasteiger partial charge is 0.310 e. The second-order valence-corrected chi connectivity index (χ2v) is 13.9. The lowest BCUT2D eigenvalue weighted by Gasteiger charge is -2.45. The van der Waals surface area contributed by atoms with Crippen molar-refractivity contribution in [3.05, 3.63) is 108 Å². The molecular weight excluding hydrogens is 652 g/mol. The third-order valence-electron chi connectivity index (χ3n) is 8.47. The zero-order valence-electron chi connectivity index (χ0n) is 30.6. The largest absolute Gasteiger partial charge is 0.455 e. The molecule has 0 spiro atoms. The summed E-state index contributed by atoms with van der Waals surface area (Å²) in [4.78, 5) is 52.8. The molecule has 3 aromatic rings. The van der Waals surface area contributed by atoms with Crippen LogP contribution in [0.5, 0.6) is 0 Å². The molecule has 1 unspecified atom stereocenters. The molecule has 0 amide bonds. The summed E-state index contributed by atoms with van der Waals surface area (Å²) in [6.45, 7) is 13.0. The second kappa shape index (κ2) is 17.6. The lowest BCUT2D eigenvalue weighted by Crippen LogP contribution is -2.64. The number of hydrogen-bond acceptors (Lipinski definition) is 10. The van der Waals surface area contributed by atoms with Crippen molar-refractivity contribution < 1.29 is 47.6 Å². The van der Waals surface area contributed by atoms with Crippen LogP contribution in [0.2, 0.25) is 0 Å². The maximum atomic E-state index is 13.3. The summed E-state index contributed by atoms with van der Waals surface area (Å²) in [6.07, 6.45) is -6.92. The third-order valence-corrected chi connectivity index (χ3v) is 8.47. The molecule has 1 saturated heterocycles. The highest BCUT2D eigenvalue weighted by atomic mass is 16.7. The van der Waals surface area contributed by atoms with Gasteiger partial charge in [-0.2, -0.15) is 0 Å². The van der Waals surface area contributed by atoms with Gasteiger partial charge >= 0.3 is 23.9 Å². The number of benzene rings is 3. The number of rotatable bonds is 14. The van der Waals surface area contributed by atoms with E-state index in [1.165, 1.54) is 0 Å². The molecule has 5 atom stereocenters. The molecule has 3 aromatic carbocycles. The predicted molar refractivity (Wildman–Crippen MR) is 189 cm³/mol. The molecule has 1 fully saturated rings. The highest BCUT2D eigenvalue weighted by Crippen LogP contribution is 2.42. The van der Waals surface area contributed by atoms with Crippen molar-refractivity contribution in [1.82, 2.24) is 0 Å². The highest BCUT2D eigenvalue weighted by molar-refractivity contribution is 5.74. The molecule has 1 heterocycles. The standard InChI is InChI=1S/C41H50O10/c1-25(2)36(42)48-33-32(47-40(51-39(45)28(7)8)35(50-38(44)27(5)6)34(33)49-37(43)26(3)4)24-46-41(29-18-12-9-13-19-29,30-20-14-10-15-21-30)31-22-16-11-17-23-31/h9-23,25-28,32-35,40H,24H2,1-8H3/t32-,33+,34+,35-,40?/m1/s1. The molecule has 0 aliphatic carbocycles. The molecule has 51 heavy (non-hydrogen) atoms. The molecule has 1 aliphatic rings. The van der Waals surface area contributed by atoms with E-state index in [-0.39, 0.29) is 6.61 Å². The SMILES string of the molecule is CC(C)C(=O)OC1O[C@H](COC(c2ccccc2)(c2ccccc2)c2ccccc2)[C@H](OC(=O)C(C)C)[C@H](OC(=O)C(C)C)[C@H]1OC(=O)C(C)C. The Kier molecular flexibility index (Phi) is 13.5. The Morgan fingerprint density at radius 2 is 0.843 bits per heavy atom. The van der Waals surface area contributed by atoms with Crippen LogP contribution in [0.25, 0.3) is 0 Å². The van der Waals surface area contributed by atoms with Crippen LogP contribution in [0.1, 0.15) is 72.1 Å². The Morgan fingerprint density at radius 3 is 1.22 bits per heavy atom. The van der Waals surface area contributed by atoms with E-state index in [2.05, 4.69) is 0 Å². The first-order chi connectivity index (χ1) is 24.3. The fourth-order valence-electron chi connectivity index (χ4n) is 5.55. The van der Waals surface area contributed by atoms with E-state index < -0.39 is 83.9 Å². The summed E-state index contributed by atoms with van der Waals surface area (Å²) < 4.78 is 37.2. The van der Waals surface area contributed by atoms with Crippen molar-refractivity contribution in [3.63, 3.8) is 0 Å². The molecule has 274 valence electrons. The van der Waals surface area contributed by atoms with Gasteiger partial charge in [-0.05, 0) is 16.7 Å². The van der Waals surface area contributed by atoms with Gasteiger partial charge in [0, 0.05) is 0 Å². The maximum absolute atomic E-state index is 13.3.